The van der Waals surface area contributed by atoms with E-state index >= 15 is 0 Å². The minimum Gasteiger partial charge on any atom is -0.335 e. The molecule has 0 aliphatic carbocycles. The number of carbonyl (C=O) groups is 2. The normalized spacial score (nSPS) is 26.8. The number of H-pyrrole nitrogens is 1. The Morgan fingerprint density at radius 2 is 1.82 bits per heavy atom. The van der Waals surface area contributed by atoms with E-state index in [-0.39, 0.29) is 29.0 Å². The highest BCUT2D eigenvalue weighted by atomic mass is 32.2. The van der Waals surface area contributed by atoms with E-state index in [1.165, 1.54) is 6.92 Å². The standard InChI is InChI=1S/C13H18N4O4S/c1-8-5-10(15-14-8)13(19)17-4-3-16(9(2)18)11-6-22(20,21)7-12(11)17/h5,11-12H,3-4,6-7H2,1-2H3,(H,14,15)/t11-,12+/m0/s1. The van der Waals surface area contributed by atoms with Crippen LogP contribution >= 0.6 is 0 Å². The van der Waals surface area contributed by atoms with Gasteiger partial charge in [0.1, 0.15) is 5.69 Å². The molecule has 1 aromatic rings. The molecule has 0 saturated carbocycles. The molecule has 0 aromatic carbocycles. The Bertz CT molecular complexity index is 726. The Morgan fingerprint density at radius 1 is 1.23 bits per heavy atom. The number of nitrogens with one attached hydrogen (secondary N) is 1. The number of carbonyl (C=O) groups excluding carboxylic acids is 2. The third-order valence-corrected chi connectivity index (χ3v) is 5.97. The molecule has 9 heteroatoms. The monoisotopic (exact) mass is 326 g/mol. The summed E-state index contributed by atoms with van der Waals surface area (Å²) in [6, 6.07) is 0.686. The number of fused-ring (bicyclic) bond motifs is 1. The molecule has 8 nitrogen and oxygen atoms in total. The zero-order valence-electron chi connectivity index (χ0n) is 12.4. The van der Waals surface area contributed by atoms with Crippen LogP contribution in [0.5, 0.6) is 0 Å². The second-order valence-corrected chi connectivity index (χ2v) is 8.01. The molecule has 0 bridgehead atoms. The van der Waals surface area contributed by atoms with Gasteiger partial charge in [-0.3, -0.25) is 14.7 Å². The van der Waals surface area contributed by atoms with Crippen molar-refractivity contribution in [2.45, 2.75) is 25.9 Å². The van der Waals surface area contributed by atoms with Crippen molar-refractivity contribution in [2.24, 2.45) is 0 Å². The maximum Gasteiger partial charge on any atom is 0.274 e. The number of nitrogens with zero attached hydrogens (tertiary/aromatic N) is 3. The van der Waals surface area contributed by atoms with E-state index in [0.29, 0.717) is 13.1 Å². The first-order valence-electron chi connectivity index (χ1n) is 7.09. The zero-order chi connectivity index (χ0) is 16.1. The molecule has 2 atom stereocenters. The molecule has 1 aromatic heterocycles. The fraction of sp³-hybridized carbons (Fsp3) is 0.615. The topological polar surface area (TPSA) is 103 Å². The van der Waals surface area contributed by atoms with Crippen LogP contribution in [-0.2, 0) is 14.6 Å². The van der Waals surface area contributed by atoms with Crippen LogP contribution in [0.1, 0.15) is 23.1 Å². The number of hydrogen-bond acceptors (Lipinski definition) is 5. The molecule has 2 amide bonds. The van der Waals surface area contributed by atoms with E-state index in [2.05, 4.69) is 10.2 Å². The summed E-state index contributed by atoms with van der Waals surface area (Å²) in [7, 11) is -3.25. The largest absolute Gasteiger partial charge is 0.335 e. The van der Waals surface area contributed by atoms with Crippen molar-refractivity contribution in [1.82, 2.24) is 20.0 Å². The smallest absolute Gasteiger partial charge is 0.274 e. The van der Waals surface area contributed by atoms with Crippen LogP contribution in [0.2, 0.25) is 0 Å². The molecule has 3 heterocycles. The molecule has 2 aliphatic heterocycles. The Balaban J connectivity index is 1.91. The number of rotatable bonds is 1. The summed E-state index contributed by atoms with van der Waals surface area (Å²) in [4.78, 5) is 27.4. The highest BCUT2D eigenvalue weighted by Gasteiger charge is 2.49. The van der Waals surface area contributed by atoms with Crippen LogP contribution in [0.3, 0.4) is 0 Å². The minimum absolute atomic E-state index is 0.0827. The summed E-state index contributed by atoms with van der Waals surface area (Å²) < 4.78 is 24.0. The number of piperazine rings is 1. The number of sulfone groups is 1. The Kier molecular flexibility index (Phi) is 3.47. The predicted octanol–water partition coefficient (Wildman–Crippen LogP) is -0.812. The van der Waals surface area contributed by atoms with Gasteiger partial charge in [0.2, 0.25) is 5.91 Å². The summed E-state index contributed by atoms with van der Waals surface area (Å²) in [6.45, 7) is 3.89. The molecule has 0 unspecified atom stereocenters. The predicted molar refractivity (Wildman–Crippen MR) is 78.0 cm³/mol. The van der Waals surface area contributed by atoms with Crippen molar-refractivity contribution in [3.8, 4) is 0 Å². The van der Waals surface area contributed by atoms with Gasteiger partial charge in [-0.05, 0) is 13.0 Å². The molecular weight excluding hydrogens is 308 g/mol. The van der Waals surface area contributed by atoms with Crippen LogP contribution in [0, 0.1) is 6.92 Å². The second-order valence-electron chi connectivity index (χ2n) is 5.86. The lowest BCUT2D eigenvalue weighted by Crippen LogP contribution is -2.61. The highest BCUT2D eigenvalue weighted by molar-refractivity contribution is 7.91. The van der Waals surface area contributed by atoms with Gasteiger partial charge in [-0.1, -0.05) is 0 Å². The molecule has 2 saturated heterocycles. The van der Waals surface area contributed by atoms with Gasteiger partial charge in [-0.25, -0.2) is 8.42 Å². The van der Waals surface area contributed by atoms with E-state index in [9.17, 15) is 18.0 Å². The average Bonchev–Trinajstić information content (AvgIpc) is 2.98. The summed E-state index contributed by atoms with van der Waals surface area (Å²) in [5.74, 6) is -0.633. The lowest BCUT2D eigenvalue weighted by molar-refractivity contribution is -0.133. The van der Waals surface area contributed by atoms with Crippen LogP contribution in [-0.4, -0.2) is 76.9 Å². The molecule has 1 N–H and O–H groups in total. The zero-order valence-corrected chi connectivity index (χ0v) is 13.3. The lowest BCUT2D eigenvalue weighted by Gasteiger charge is -2.43. The summed E-state index contributed by atoms with van der Waals surface area (Å²) in [5.41, 5.74) is 1.04. The average molecular weight is 326 g/mol. The molecule has 0 radical (unpaired) electrons. The number of aryl methyl sites for hydroxylation is 1. The van der Waals surface area contributed by atoms with Crippen LogP contribution < -0.4 is 0 Å². The Labute approximate surface area is 128 Å². The summed E-state index contributed by atoms with van der Waals surface area (Å²) in [6.07, 6.45) is 0. The second kappa shape index (κ2) is 5.08. The van der Waals surface area contributed by atoms with E-state index < -0.39 is 21.9 Å². The van der Waals surface area contributed by atoms with Gasteiger partial charge >= 0.3 is 0 Å². The quantitative estimate of drug-likeness (QED) is 0.727. The molecular formula is C13H18N4O4S. The van der Waals surface area contributed by atoms with Crippen LogP contribution in [0.15, 0.2) is 6.07 Å². The van der Waals surface area contributed by atoms with Crippen molar-refractivity contribution < 1.29 is 18.0 Å². The van der Waals surface area contributed by atoms with E-state index in [1.807, 2.05) is 0 Å². The molecule has 2 aliphatic rings. The van der Waals surface area contributed by atoms with Gasteiger partial charge in [-0.2, -0.15) is 5.10 Å². The van der Waals surface area contributed by atoms with Crippen molar-refractivity contribution in [3.63, 3.8) is 0 Å². The number of hydrogen-bond donors (Lipinski definition) is 1. The van der Waals surface area contributed by atoms with Gasteiger partial charge in [0.15, 0.2) is 9.84 Å². The van der Waals surface area contributed by atoms with Gasteiger partial charge < -0.3 is 9.80 Å². The van der Waals surface area contributed by atoms with E-state index in [1.54, 1.807) is 22.8 Å². The lowest BCUT2D eigenvalue weighted by atomic mass is 10.0. The fourth-order valence-corrected chi connectivity index (χ4v) is 5.25. The van der Waals surface area contributed by atoms with Crippen LogP contribution in [0.4, 0.5) is 0 Å². The fourth-order valence-electron chi connectivity index (χ4n) is 3.27. The third-order valence-electron chi connectivity index (χ3n) is 4.27. The number of aromatic amines is 1. The first kappa shape index (κ1) is 15.0. The maximum absolute atomic E-state index is 12.6. The first-order valence-corrected chi connectivity index (χ1v) is 8.91. The molecule has 2 fully saturated rings. The summed E-state index contributed by atoms with van der Waals surface area (Å²) in [5, 5.41) is 6.66. The molecule has 120 valence electrons. The van der Waals surface area contributed by atoms with Crippen molar-refractivity contribution in [3.05, 3.63) is 17.5 Å². The highest BCUT2D eigenvalue weighted by Crippen LogP contribution is 2.28. The van der Waals surface area contributed by atoms with Gasteiger partial charge in [0.25, 0.3) is 5.91 Å². The van der Waals surface area contributed by atoms with Gasteiger partial charge in [-0.15, -0.1) is 0 Å². The van der Waals surface area contributed by atoms with Crippen molar-refractivity contribution in [2.75, 3.05) is 24.6 Å². The van der Waals surface area contributed by atoms with E-state index in [0.717, 1.165) is 5.69 Å². The van der Waals surface area contributed by atoms with Gasteiger partial charge in [0.05, 0.1) is 23.6 Å². The van der Waals surface area contributed by atoms with E-state index in [4.69, 9.17) is 0 Å². The Hall–Kier alpha value is -1.90. The summed E-state index contributed by atoms with van der Waals surface area (Å²) >= 11 is 0. The molecule has 0 spiro atoms. The third kappa shape index (κ3) is 2.49. The van der Waals surface area contributed by atoms with Gasteiger partial charge in [0, 0.05) is 25.7 Å². The van der Waals surface area contributed by atoms with Crippen LogP contribution in [0.25, 0.3) is 0 Å². The number of aromatic nitrogens is 2. The Morgan fingerprint density at radius 3 is 2.36 bits per heavy atom. The minimum atomic E-state index is -3.25. The molecule has 3 rings (SSSR count). The maximum atomic E-state index is 12.6. The molecule has 22 heavy (non-hydrogen) atoms. The van der Waals surface area contributed by atoms with Crippen molar-refractivity contribution >= 4 is 21.7 Å². The number of amides is 2. The SMILES string of the molecule is CC(=O)N1CCN(C(=O)c2cc(C)[nH]n2)[C@@H]2CS(=O)(=O)C[C@@H]21. The first-order chi connectivity index (χ1) is 10.3. The van der Waals surface area contributed by atoms with Crippen molar-refractivity contribution in [1.29, 1.82) is 0 Å².